The second-order valence-electron chi connectivity index (χ2n) is 6.75. The molecule has 0 aromatic heterocycles. The third-order valence-corrected chi connectivity index (χ3v) is 4.94. The van der Waals surface area contributed by atoms with Gasteiger partial charge in [0, 0.05) is 32.4 Å². The summed E-state index contributed by atoms with van der Waals surface area (Å²) in [6.45, 7) is 7.10. The highest BCUT2D eigenvalue weighted by atomic mass is 19.4. The van der Waals surface area contributed by atoms with E-state index in [1.165, 1.54) is 6.07 Å². The van der Waals surface area contributed by atoms with Crippen LogP contribution in [0.15, 0.2) is 40.0 Å². The number of nitrogens with one attached hydrogen (secondary N) is 1. The number of nitrogens with zero attached hydrogens (tertiary/aromatic N) is 4. The summed E-state index contributed by atoms with van der Waals surface area (Å²) in [5.41, 5.74) is 1.32. The first-order valence-corrected chi connectivity index (χ1v) is 8.66. The van der Waals surface area contributed by atoms with Gasteiger partial charge in [0.25, 0.3) is 0 Å². The summed E-state index contributed by atoms with van der Waals surface area (Å²) in [5, 5.41) is 3.28. The molecule has 1 fully saturated rings. The average Bonchev–Trinajstić information content (AvgIpc) is 2.62. The molecular weight excluding hydrogens is 343 g/mol. The Morgan fingerprint density at radius 3 is 2.58 bits per heavy atom. The smallest absolute Gasteiger partial charge is 0.351 e. The molecule has 26 heavy (non-hydrogen) atoms. The number of benzene rings is 1. The van der Waals surface area contributed by atoms with Crippen molar-refractivity contribution in [1.29, 1.82) is 0 Å². The van der Waals surface area contributed by atoms with Crippen LogP contribution in [0.3, 0.4) is 0 Å². The van der Waals surface area contributed by atoms with Crippen molar-refractivity contribution in [2.45, 2.75) is 26.1 Å². The van der Waals surface area contributed by atoms with Gasteiger partial charge in [0.15, 0.2) is 11.7 Å². The Morgan fingerprint density at radius 2 is 1.88 bits per heavy atom. The van der Waals surface area contributed by atoms with Crippen LogP contribution in [0.1, 0.15) is 19.4 Å². The molecule has 3 aliphatic rings. The number of anilines is 1. The normalized spacial score (nSPS) is 23.0. The van der Waals surface area contributed by atoms with E-state index < -0.39 is 11.7 Å². The molecule has 0 saturated carbocycles. The molecule has 1 saturated heterocycles. The van der Waals surface area contributed by atoms with E-state index >= 15 is 0 Å². The van der Waals surface area contributed by atoms with Gasteiger partial charge in [-0.2, -0.15) is 13.2 Å². The summed E-state index contributed by atoms with van der Waals surface area (Å²) >= 11 is 0. The molecule has 1 aromatic carbocycles. The maximum atomic E-state index is 13.1. The van der Waals surface area contributed by atoms with Gasteiger partial charge in [0.2, 0.25) is 0 Å². The molecule has 0 radical (unpaired) electrons. The monoisotopic (exact) mass is 363 g/mol. The Morgan fingerprint density at radius 1 is 1.15 bits per heavy atom. The lowest BCUT2D eigenvalue weighted by Crippen LogP contribution is -2.53. The zero-order valence-electron chi connectivity index (χ0n) is 14.6. The molecule has 3 aliphatic heterocycles. The van der Waals surface area contributed by atoms with Gasteiger partial charge in [-0.25, -0.2) is 4.99 Å². The van der Waals surface area contributed by atoms with E-state index in [1.807, 2.05) is 24.9 Å². The molecule has 1 aromatic rings. The van der Waals surface area contributed by atoms with Gasteiger partial charge in [-0.3, -0.25) is 9.89 Å². The quantitative estimate of drug-likeness (QED) is 0.770. The Hall–Kier alpha value is -2.35. The minimum Gasteiger partial charge on any atom is -0.351 e. The number of amidine groups is 2. The number of rotatable bonds is 0. The number of hydrogen-bond acceptors (Lipinski definition) is 5. The zero-order valence-corrected chi connectivity index (χ0v) is 14.6. The molecule has 0 spiro atoms. The maximum absolute atomic E-state index is 13.1. The number of fused-ring (bicyclic) bond motifs is 3. The first-order chi connectivity index (χ1) is 12.3. The van der Waals surface area contributed by atoms with Gasteiger partial charge < -0.3 is 10.2 Å². The highest BCUT2D eigenvalue weighted by Gasteiger charge is 2.36. The van der Waals surface area contributed by atoms with Gasteiger partial charge >= 0.3 is 6.18 Å². The lowest BCUT2D eigenvalue weighted by atomic mass is 10.1. The Kier molecular flexibility index (Phi) is 4.02. The van der Waals surface area contributed by atoms with Crippen LogP contribution in [0.25, 0.3) is 0 Å². The fourth-order valence-electron chi connectivity index (χ4n) is 3.32. The highest BCUT2D eigenvalue weighted by Crippen LogP contribution is 2.40. The molecule has 138 valence electrons. The van der Waals surface area contributed by atoms with Gasteiger partial charge in [-0.1, -0.05) is 0 Å². The first-order valence-electron chi connectivity index (χ1n) is 8.66. The summed E-state index contributed by atoms with van der Waals surface area (Å²) in [7, 11) is 0. The van der Waals surface area contributed by atoms with Crippen molar-refractivity contribution < 1.29 is 13.2 Å². The number of alkyl halides is 3. The largest absolute Gasteiger partial charge is 0.416 e. The Balaban J connectivity index is 1.85. The van der Waals surface area contributed by atoms with E-state index in [2.05, 4.69) is 15.2 Å². The van der Waals surface area contributed by atoms with E-state index in [9.17, 15) is 13.2 Å². The molecular formula is C18H20F3N5. The van der Waals surface area contributed by atoms with Crippen molar-refractivity contribution in [3.63, 3.8) is 0 Å². The molecule has 1 atom stereocenters. The molecule has 1 unspecified atom stereocenters. The van der Waals surface area contributed by atoms with Gasteiger partial charge in [0.05, 0.1) is 23.0 Å². The number of hydrogen-bond donors (Lipinski definition) is 1. The number of aliphatic imine (C=N–C) groups is 2. The van der Waals surface area contributed by atoms with Crippen LogP contribution >= 0.6 is 0 Å². The van der Waals surface area contributed by atoms with Crippen LogP contribution < -0.4 is 10.2 Å². The van der Waals surface area contributed by atoms with E-state index in [4.69, 9.17) is 4.99 Å². The predicted molar refractivity (Wildman–Crippen MR) is 96.1 cm³/mol. The standard InChI is InChI=1S/C18H20F3N5/c1-11-10-26-15-4-3-13(18(19,20)21)9-14(15)24-16(17(26)23-12(11)2)25-7-5-22-6-8-25/h3-4,9-10,12,22H,5-8H2,1-2H3. The van der Waals surface area contributed by atoms with Crippen LogP contribution in [0.5, 0.6) is 0 Å². The summed E-state index contributed by atoms with van der Waals surface area (Å²) in [6.07, 6.45) is -2.44. The van der Waals surface area contributed by atoms with Crippen LogP contribution in [-0.2, 0) is 6.18 Å². The Bertz CT molecular complexity index is 819. The minimum atomic E-state index is -4.39. The van der Waals surface area contributed by atoms with Crippen molar-refractivity contribution in [2.75, 3.05) is 31.1 Å². The second-order valence-corrected chi connectivity index (χ2v) is 6.75. The topological polar surface area (TPSA) is 43.2 Å². The predicted octanol–water partition coefficient (Wildman–Crippen LogP) is 3.17. The summed E-state index contributed by atoms with van der Waals surface area (Å²) in [5.74, 6) is 1.35. The first kappa shape index (κ1) is 17.1. The molecule has 8 heteroatoms. The molecule has 0 bridgehead atoms. The van der Waals surface area contributed by atoms with Crippen molar-refractivity contribution in [3.8, 4) is 0 Å². The molecule has 4 rings (SSSR count). The maximum Gasteiger partial charge on any atom is 0.416 e. The van der Waals surface area contributed by atoms with Crippen molar-refractivity contribution in [1.82, 2.24) is 10.2 Å². The molecule has 1 N–H and O–H groups in total. The van der Waals surface area contributed by atoms with Crippen molar-refractivity contribution in [3.05, 3.63) is 35.5 Å². The average molecular weight is 363 g/mol. The third-order valence-electron chi connectivity index (χ3n) is 4.94. The van der Waals surface area contributed by atoms with Gasteiger partial charge in [-0.05, 0) is 37.6 Å². The lowest BCUT2D eigenvalue weighted by Gasteiger charge is -2.39. The van der Waals surface area contributed by atoms with E-state index in [1.54, 1.807) is 0 Å². The molecule has 5 nitrogen and oxygen atoms in total. The second kappa shape index (κ2) is 6.12. The lowest BCUT2D eigenvalue weighted by molar-refractivity contribution is -0.137. The van der Waals surface area contributed by atoms with E-state index in [0.717, 1.165) is 43.9 Å². The SMILES string of the molecule is CC1=CN2C(=NC1C)C(N1CCNCC1)=Nc1cc(C(F)(F)F)ccc12. The summed E-state index contributed by atoms with van der Waals surface area (Å²) < 4.78 is 39.4. The van der Waals surface area contributed by atoms with E-state index in [-0.39, 0.29) is 6.04 Å². The minimum absolute atomic E-state index is 0.0189. The van der Waals surface area contributed by atoms with Crippen LogP contribution in [0.2, 0.25) is 0 Å². The third kappa shape index (κ3) is 2.88. The van der Waals surface area contributed by atoms with Gasteiger partial charge in [0.1, 0.15) is 0 Å². The molecule has 0 aliphatic carbocycles. The van der Waals surface area contributed by atoms with Crippen molar-refractivity contribution >= 4 is 23.0 Å². The summed E-state index contributed by atoms with van der Waals surface area (Å²) in [6, 6.07) is 3.72. The zero-order chi connectivity index (χ0) is 18.5. The number of piperazine rings is 1. The highest BCUT2D eigenvalue weighted by molar-refractivity contribution is 6.48. The molecule has 3 heterocycles. The van der Waals surface area contributed by atoms with Crippen LogP contribution in [-0.4, -0.2) is 48.8 Å². The fraction of sp³-hybridized carbons (Fsp3) is 0.444. The fourth-order valence-corrected chi connectivity index (χ4v) is 3.32. The Labute approximate surface area is 149 Å². The van der Waals surface area contributed by atoms with Crippen LogP contribution in [0.4, 0.5) is 24.5 Å². The van der Waals surface area contributed by atoms with Gasteiger partial charge in [-0.15, -0.1) is 0 Å². The van der Waals surface area contributed by atoms with Crippen LogP contribution in [0, 0.1) is 0 Å². The number of halogens is 3. The van der Waals surface area contributed by atoms with E-state index in [0.29, 0.717) is 23.0 Å². The summed E-state index contributed by atoms with van der Waals surface area (Å²) in [4.78, 5) is 13.3. The van der Waals surface area contributed by atoms with Crippen molar-refractivity contribution in [2.24, 2.45) is 9.98 Å². The molecule has 0 amide bonds.